The molecule has 1 aliphatic rings. The van der Waals surface area contributed by atoms with Gasteiger partial charge in [-0.15, -0.1) is 0 Å². The molecule has 0 unspecified atom stereocenters. The van der Waals surface area contributed by atoms with Gasteiger partial charge in [-0.3, -0.25) is 0 Å². The summed E-state index contributed by atoms with van der Waals surface area (Å²) in [7, 11) is 0. The number of carbonyl (C=O) groups is 1. The van der Waals surface area contributed by atoms with Gasteiger partial charge in [-0.25, -0.2) is 9.79 Å². The molecule has 0 bridgehead atoms. The van der Waals surface area contributed by atoms with Gasteiger partial charge in [-0.1, -0.05) is 51.1 Å². The van der Waals surface area contributed by atoms with Crippen LogP contribution in [0.15, 0.2) is 59.2 Å². The first-order valence-corrected chi connectivity index (χ1v) is 8.80. The topological polar surface area (TPSA) is 38.7 Å². The molecule has 2 aromatic rings. The molecule has 24 heavy (non-hydrogen) atoms. The SMILES string of the molecule is CC(C)(C)c1ccc(/C=C2\N=C(c3cccc(I)c3)OC2=O)cc1. The molecule has 0 fully saturated rings. The van der Waals surface area contributed by atoms with E-state index in [-0.39, 0.29) is 5.41 Å². The van der Waals surface area contributed by atoms with E-state index >= 15 is 0 Å². The first kappa shape index (κ1) is 16.9. The number of ether oxygens (including phenoxy) is 1. The van der Waals surface area contributed by atoms with Crippen LogP contribution < -0.4 is 0 Å². The minimum Gasteiger partial charge on any atom is -0.402 e. The van der Waals surface area contributed by atoms with Crippen molar-refractivity contribution in [2.24, 2.45) is 4.99 Å². The summed E-state index contributed by atoms with van der Waals surface area (Å²) in [5, 5.41) is 0. The Kier molecular flexibility index (Phi) is 4.58. The van der Waals surface area contributed by atoms with Crippen LogP contribution in [0.5, 0.6) is 0 Å². The molecule has 1 heterocycles. The molecular formula is C20H18INO2. The number of halogens is 1. The Labute approximate surface area is 155 Å². The number of aliphatic imine (C=N–C) groups is 1. The highest BCUT2D eigenvalue weighted by Crippen LogP contribution is 2.24. The monoisotopic (exact) mass is 431 g/mol. The van der Waals surface area contributed by atoms with Crippen molar-refractivity contribution < 1.29 is 9.53 Å². The van der Waals surface area contributed by atoms with Gasteiger partial charge >= 0.3 is 5.97 Å². The summed E-state index contributed by atoms with van der Waals surface area (Å²) in [6.45, 7) is 6.52. The van der Waals surface area contributed by atoms with E-state index < -0.39 is 5.97 Å². The Balaban J connectivity index is 1.88. The van der Waals surface area contributed by atoms with Crippen LogP contribution in [0.4, 0.5) is 0 Å². The third-order valence-corrected chi connectivity index (χ3v) is 4.44. The minimum atomic E-state index is -0.413. The van der Waals surface area contributed by atoms with Crippen LogP contribution in [0.1, 0.15) is 37.5 Å². The van der Waals surface area contributed by atoms with Crippen molar-refractivity contribution in [3.8, 4) is 0 Å². The second kappa shape index (κ2) is 6.51. The van der Waals surface area contributed by atoms with Gasteiger partial charge in [0.15, 0.2) is 5.70 Å². The second-order valence-electron chi connectivity index (χ2n) is 6.72. The smallest absolute Gasteiger partial charge is 0.363 e. The standard InChI is InChI=1S/C20H18INO2/c1-20(2,3)15-9-7-13(8-10-15)11-17-19(23)24-18(22-17)14-5-4-6-16(21)12-14/h4-12H,1-3H3/b17-11-. The van der Waals surface area contributed by atoms with E-state index in [4.69, 9.17) is 4.74 Å². The largest absolute Gasteiger partial charge is 0.402 e. The summed E-state index contributed by atoms with van der Waals surface area (Å²) in [6.07, 6.45) is 1.76. The van der Waals surface area contributed by atoms with Crippen LogP contribution in [0.3, 0.4) is 0 Å². The van der Waals surface area contributed by atoms with Crippen LogP contribution in [-0.4, -0.2) is 11.9 Å². The number of rotatable bonds is 2. The Bertz CT molecular complexity index is 843. The van der Waals surface area contributed by atoms with Crippen LogP contribution in [-0.2, 0) is 14.9 Å². The molecule has 0 radical (unpaired) electrons. The summed E-state index contributed by atoms with van der Waals surface area (Å²) in [5.41, 5.74) is 3.42. The molecule has 0 spiro atoms. The molecule has 0 amide bonds. The number of hydrogen-bond acceptors (Lipinski definition) is 3. The average Bonchev–Trinajstić information content (AvgIpc) is 2.88. The molecule has 122 valence electrons. The molecule has 3 nitrogen and oxygen atoms in total. The molecule has 4 heteroatoms. The predicted molar refractivity (Wildman–Crippen MR) is 105 cm³/mol. The number of esters is 1. The van der Waals surface area contributed by atoms with Crippen LogP contribution in [0.25, 0.3) is 6.08 Å². The molecule has 1 aliphatic heterocycles. The van der Waals surface area contributed by atoms with Crippen LogP contribution >= 0.6 is 22.6 Å². The Morgan fingerprint density at radius 3 is 2.42 bits per heavy atom. The third kappa shape index (κ3) is 3.75. The zero-order valence-corrected chi connectivity index (χ0v) is 16.0. The summed E-state index contributed by atoms with van der Waals surface area (Å²) in [4.78, 5) is 16.4. The van der Waals surface area contributed by atoms with Gasteiger partial charge in [0.2, 0.25) is 5.90 Å². The number of cyclic esters (lactones) is 1. The summed E-state index contributed by atoms with van der Waals surface area (Å²) >= 11 is 2.22. The van der Waals surface area contributed by atoms with E-state index in [1.54, 1.807) is 6.08 Å². The van der Waals surface area contributed by atoms with Crippen molar-refractivity contribution in [1.82, 2.24) is 0 Å². The maximum absolute atomic E-state index is 12.1. The van der Waals surface area contributed by atoms with Gasteiger partial charge in [0, 0.05) is 9.13 Å². The van der Waals surface area contributed by atoms with Crippen LogP contribution in [0, 0.1) is 3.57 Å². The van der Waals surface area contributed by atoms with E-state index in [0.717, 1.165) is 14.7 Å². The zero-order chi connectivity index (χ0) is 17.3. The number of benzene rings is 2. The lowest BCUT2D eigenvalue weighted by Crippen LogP contribution is -2.10. The van der Waals surface area contributed by atoms with E-state index in [9.17, 15) is 4.79 Å². The Morgan fingerprint density at radius 1 is 1.08 bits per heavy atom. The normalized spacial score (nSPS) is 16.2. The molecule has 2 aromatic carbocycles. The average molecular weight is 431 g/mol. The summed E-state index contributed by atoms with van der Waals surface area (Å²) in [6, 6.07) is 15.9. The maximum Gasteiger partial charge on any atom is 0.363 e. The molecule has 0 aliphatic carbocycles. The lowest BCUT2D eigenvalue weighted by Gasteiger charge is -2.18. The van der Waals surface area contributed by atoms with Crippen molar-refractivity contribution in [3.63, 3.8) is 0 Å². The Morgan fingerprint density at radius 2 is 1.79 bits per heavy atom. The van der Waals surface area contributed by atoms with Gasteiger partial charge in [0.25, 0.3) is 0 Å². The van der Waals surface area contributed by atoms with Crippen molar-refractivity contribution in [2.45, 2.75) is 26.2 Å². The van der Waals surface area contributed by atoms with E-state index in [2.05, 4.69) is 60.5 Å². The van der Waals surface area contributed by atoms with E-state index in [1.807, 2.05) is 36.4 Å². The number of hydrogen-bond donors (Lipinski definition) is 0. The highest BCUT2D eigenvalue weighted by Gasteiger charge is 2.24. The fourth-order valence-electron chi connectivity index (χ4n) is 2.39. The first-order valence-electron chi connectivity index (χ1n) is 7.72. The summed E-state index contributed by atoms with van der Waals surface area (Å²) < 4.78 is 6.37. The molecular weight excluding hydrogens is 413 g/mol. The molecule has 0 aromatic heterocycles. The Hall–Kier alpha value is -1.95. The van der Waals surface area contributed by atoms with E-state index in [1.165, 1.54) is 5.56 Å². The molecule has 3 rings (SSSR count). The third-order valence-electron chi connectivity index (χ3n) is 3.77. The van der Waals surface area contributed by atoms with Crippen molar-refractivity contribution in [1.29, 1.82) is 0 Å². The van der Waals surface area contributed by atoms with Gasteiger partial charge < -0.3 is 4.74 Å². The minimum absolute atomic E-state index is 0.105. The lowest BCUT2D eigenvalue weighted by atomic mass is 9.87. The van der Waals surface area contributed by atoms with Crippen molar-refractivity contribution in [3.05, 3.63) is 74.5 Å². The first-order chi connectivity index (χ1) is 11.3. The highest BCUT2D eigenvalue weighted by atomic mass is 127. The van der Waals surface area contributed by atoms with Crippen molar-refractivity contribution >= 4 is 40.5 Å². The lowest BCUT2D eigenvalue weighted by molar-refractivity contribution is -0.129. The van der Waals surface area contributed by atoms with Gasteiger partial charge in [-0.05, 0) is 63.4 Å². The van der Waals surface area contributed by atoms with Gasteiger partial charge in [0.05, 0.1) is 0 Å². The fourth-order valence-corrected chi connectivity index (χ4v) is 2.93. The maximum atomic E-state index is 12.1. The fraction of sp³-hybridized carbons (Fsp3) is 0.200. The highest BCUT2D eigenvalue weighted by molar-refractivity contribution is 14.1. The van der Waals surface area contributed by atoms with E-state index in [0.29, 0.717) is 11.6 Å². The molecule has 0 atom stereocenters. The zero-order valence-electron chi connectivity index (χ0n) is 13.8. The molecule has 0 N–H and O–H groups in total. The van der Waals surface area contributed by atoms with Gasteiger partial charge in [0.1, 0.15) is 0 Å². The number of carbonyl (C=O) groups excluding carboxylic acids is 1. The van der Waals surface area contributed by atoms with Gasteiger partial charge in [-0.2, -0.15) is 0 Å². The predicted octanol–water partition coefficient (Wildman–Crippen LogP) is 4.93. The second-order valence-corrected chi connectivity index (χ2v) is 7.96. The molecule has 0 saturated carbocycles. The van der Waals surface area contributed by atoms with Crippen molar-refractivity contribution in [2.75, 3.05) is 0 Å². The van der Waals surface area contributed by atoms with Crippen LogP contribution in [0.2, 0.25) is 0 Å². The quantitative estimate of drug-likeness (QED) is 0.384. The number of nitrogens with zero attached hydrogens (tertiary/aromatic N) is 1. The molecule has 0 saturated heterocycles. The summed E-state index contributed by atoms with van der Waals surface area (Å²) in [5.74, 6) is -0.0557.